The number of anilines is 1. The molecule has 1 aromatic rings. The molecule has 2 amide bonds. The highest BCUT2D eigenvalue weighted by Crippen LogP contribution is 2.32. The molecule has 5 nitrogen and oxygen atoms in total. The van der Waals surface area contributed by atoms with Crippen LogP contribution in [0.4, 0.5) is 5.69 Å². The van der Waals surface area contributed by atoms with Crippen LogP contribution in [0.15, 0.2) is 24.3 Å². The predicted molar refractivity (Wildman–Crippen MR) is 90.2 cm³/mol. The summed E-state index contributed by atoms with van der Waals surface area (Å²) in [5, 5.41) is 9.20. The predicted octanol–water partition coefficient (Wildman–Crippen LogP) is 2.11. The van der Waals surface area contributed by atoms with Crippen molar-refractivity contribution in [2.75, 3.05) is 11.9 Å². The average Bonchev–Trinajstić information content (AvgIpc) is 2.96. The van der Waals surface area contributed by atoms with E-state index in [0.717, 1.165) is 37.8 Å². The van der Waals surface area contributed by atoms with Crippen molar-refractivity contribution in [1.82, 2.24) is 10.6 Å². The van der Waals surface area contributed by atoms with Gasteiger partial charge in [-0.1, -0.05) is 37.0 Å². The van der Waals surface area contributed by atoms with Crippen molar-refractivity contribution < 1.29 is 9.59 Å². The quantitative estimate of drug-likeness (QED) is 0.797. The van der Waals surface area contributed by atoms with E-state index in [-0.39, 0.29) is 17.9 Å². The SMILES string of the molecule is Cc1ccc(NC2(C(=O)N[C@@H]3CCNC3=O)CCCCC2)cc1. The Bertz CT molecular complexity index is 576. The van der Waals surface area contributed by atoms with Gasteiger partial charge in [0.1, 0.15) is 11.6 Å². The molecule has 2 fully saturated rings. The first-order valence-corrected chi connectivity index (χ1v) is 8.53. The van der Waals surface area contributed by atoms with Crippen molar-refractivity contribution in [3.8, 4) is 0 Å². The summed E-state index contributed by atoms with van der Waals surface area (Å²) in [6, 6.07) is 7.73. The van der Waals surface area contributed by atoms with Crippen molar-refractivity contribution in [2.45, 2.75) is 57.0 Å². The van der Waals surface area contributed by atoms with E-state index in [0.29, 0.717) is 13.0 Å². The minimum Gasteiger partial charge on any atom is -0.371 e. The fourth-order valence-corrected chi connectivity index (χ4v) is 3.51. The number of hydrogen-bond donors (Lipinski definition) is 3. The maximum absolute atomic E-state index is 12.9. The summed E-state index contributed by atoms with van der Waals surface area (Å²) in [7, 11) is 0. The Balaban J connectivity index is 1.76. The zero-order valence-electron chi connectivity index (χ0n) is 13.7. The van der Waals surface area contributed by atoms with E-state index in [1.54, 1.807) is 0 Å². The normalized spacial score (nSPS) is 23.2. The Morgan fingerprint density at radius 1 is 1.17 bits per heavy atom. The summed E-state index contributed by atoms with van der Waals surface area (Å²) in [5.74, 6) is -0.112. The van der Waals surface area contributed by atoms with Crippen LogP contribution in [0.2, 0.25) is 0 Å². The fourth-order valence-electron chi connectivity index (χ4n) is 3.51. The Hall–Kier alpha value is -2.04. The van der Waals surface area contributed by atoms with Crippen LogP contribution < -0.4 is 16.0 Å². The zero-order chi connectivity index (χ0) is 16.3. The maximum atomic E-state index is 12.9. The molecule has 1 aliphatic carbocycles. The van der Waals surface area contributed by atoms with Crippen molar-refractivity contribution >= 4 is 17.5 Å². The molecule has 1 aliphatic heterocycles. The summed E-state index contributed by atoms with van der Waals surface area (Å²) in [5.41, 5.74) is 1.56. The van der Waals surface area contributed by atoms with Gasteiger partial charge in [0.25, 0.3) is 0 Å². The largest absolute Gasteiger partial charge is 0.371 e. The second kappa shape index (κ2) is 6.60. The van der Waals surface area contributed by atoms with E-state index in [1.807, 2.05) is 31.2 Å². The molecule has 5 heteroatoms. The lowest BCUT2D eigenvalue weighted by Gasteiger charge is -2.38. The second-order valence-corrected chi connectivity index (χ2v) is 6.74. The summed E-state index contributed by atoms with van der Waals surface area (Å²) in [6.45, 7) is 2.69. The van der Waals surface area contributed by atoms with Gasteiger partial charge in [-0.25, -0.2) is 0 Å². The molecule has 0 bridgehead atoms. The molecule has 0 unspecified atom stereocenters. The fraction of sp³-hybridized carbons (Fsp3) is 0.556. The van der Waals surface area contributed by atoms with Crippen LogP contribution in [0.1, 0.15) is 44.1 Å². The van der Waals surface area contributed by atoms with Crippen LogP contribution in [0, 0.1) is 6.92 Å². The van der Waals surface area contributed by atoms with Crippen LogP contribution in [0.5, 0.6) is 0 Å². The van der Waals surface area contributed by atoms with Crippen molar-refractivity contribution in [3.63, 3.8) is 0 Å². The van der Waals surface area contributed by atoms with Gasteiger partial charge in [-0.15, -0.1) is 0 Å². The van der Waals surface area contributed by atoms with Crippen LogP contribution in [0.3, 0.4) is 0 Å². The monoisotopic (exact) mass is 315 g/mol. The van der Waals surface area contributed by atoms with Crippen LogP contribution in [-0.4, -0.2) is 29.9 Å². The van der Waals surface area contributed by atoms with Gasteiger partial charge in [0.15, 0.2) is 0 Å². The number of nitrogens with one attached hydrogen (secondary N) is 3. The molecule has 1 aromatic carbocycles. The molecule has 0 spiro atoms. The number of amides is 2. The topological polar surface area (TPSA) is 70.2 Å². The third-order valence-electron chi connectivity index (χ3n) is 4.93. The molecule has 1 saturated carbocycles. The summed E-state index contributed by atoms with van der Waals surface area (Å²) >= 11 is 0. The lowest BCUT2D eigenvalue weighted by molar-refractivity contribution is -0.130. The molecule has 0 radical (unpaired) electrons. The Labute approximate surface area is 137 Å². The van der Waals surface area contributed by atoms with Crippen LogP contribution in [0.25, 0.3) is 0 Å². The second-order valence-electron chi connectivity index (χ2n) is 6.74. The number of aryl methyl sites for hydroxylation is 1. The molecular weight excluding hydrogens is 290 g/mol. The number of benzene rings is 1. The highest BCUT2D eigenvalue weighted by atomic mass is 16.2. The van der Waals surface area contributed by atoms with E-state index in [2.05, 4.69) is 16.0 Å². The highest BCUT2D eigenvalue weighted by Gasteiger charge is 2.41. The minimum absolute atomic E-state index is 0.0418. The molecule has 1 heterocycles. The first kappa shape index (κ1) is 15.8. The summed E-state index contributed by atoms with van der Waals surface area (Å²) < 4.78 is 0. The molecule has 2 aliphatic rings. The smallest absolute Gasteiger partial charge is 0.246 e. The molecule has 1 atom stereocenters. The van der Waals surface area contributed by atoms with Gasteiger partial charge in [-0.05, 0) is 38.3 Å². The van der Waals surface area contributed by atoms with E-state index >= 15 is 0 Å². The Kier molecular flexibility index (Phi) is 4.55. The number of hydrogen-bond acceptors (Lipinski definition) is 3. The molecule has 0 aromatic heterocycles. The van der Waals surface area contributed by atoms with Gasteiger partial charge in [-0.2, -0.15) is 0 Å². The maximum Gasteiger partial charge on any atom is 0.246 e. The van der Waals surface area contributed by atoms with E-state index in [1.165, 1.54) is 5.56 Å². The summed E-state index contributed by atoms with van der Waals surface area (Å²) in [4.78, 5) is 24.7. The minimum atomic E-state index is -0.601. The molecule has 3 N–H and O–H groups in total. The van der Waals surface area contributed by atoms with Gasteiger partial charge in [0.2, 0.25) is 11.8 Å². The Morgan fingerprint density at radius 3 is 2.48 bits per heavy atom. The van der Waals surface area contributed by atoms with Gasteiger partial charge < -0.3 is 16.0 Å². The molecule has 23 heavy (non-hydrogen) atoms. The molecule has 1 saturated heterocycles. The third-order valence-corrected chi connectivity index (χ3v) is 4.93. The molecular formula is C18H25N3O2. The highest BCUT2D eigenvalue weighted by molar-refractivity contribution is 5.94. The third kappa shape index (κ3) is 3.49. The zero-order valence-corrected chi connectivity index (χ0v) is 13.7. The number of carbonyl (C=O) groups is 2. The summed E-state index contributed by atoms with van der Waals surface area (Å²) in [6.07, 6.45) is 5.51. The van der Waals surface area contributed by atoms with Gasteiger partial charge in [0.05, 0.1) is 0 Å². The van der Waals surface area contributed by atoms with Gasteiger partial charge in [-0.3, -0.25) is 9.59 Å². The van der Waals surface area contributed by atoms with E-state index in [4.69, 9.17) is 0 Å². The Morgan fingerprint density at radius 2 is 1.87 bits per heavy atom. The lowest BCUT2D eigenvalue weighted by atomic mass is 9.80. The number of carbonyl (C=O) groups excluding carboxylic acids is 2. The van der Waals surface area contributed by atoms with Crippen LogP contribution >= 0.6 is 0 Å². The van der Waals surface area contributed by atoms with Crippen LogP contribution in [-0.2, 0) is 9.59 Å². The standard InChI is InChI=1S/C18H25N3O2/c1-13-5-7-14(8-6-13)21-18(10-3-2-4-11-18)17(23)20-15-9-12-19-16(15)22/h5-8,15,21H,2-4,9-12H2,1H3,(H,19,22)(H,20,23)/t15-/m1/s1. The van der Waals surface area contributed by atoms with Crippen molar-refractivity contribution in [2.24, 2.45) is 0 Å². The van der Waals surface area contributed by atoms with Crippen molar-refractivity contribution in [1.29, 1.82) is 0 Å². The first-order chi connectivity index (χ1) is 11.1. The lowest BCUT2D eigenvalue weighted by Crippen LogP contribution is -2.57. The van der Waals surface area contributed by atoms with E-state index in [9.17, 15) is 9.59 Å². The molecule has 3 rings (SSSR count). The number of rotatable bonds is 4. The van der Waals surface area contributed by atoms with Crippen molar-refractivity contribution in [3.05, 3.63) is 29.8 Å². The van der Waals surface area contributed by atoms with E-state index < -0.39 is 5.54 Å². The van der Waals surface area contributed by atoms with Gasteiger partial charge >= 0.3 is 0 Å². The first-order valence-electron chi connectivity index (χ1n) is 8.53. The average molecular weight is 315 g/mol. The van der Waals surface area contributed by atoms with Gasteiger partial charge in [0, 0.05) is 12.2 Å². The molecule has 124 valence electrons.